The summed E-state index contributed by atoms with van der Waals surface area (Å²) in [5.74, 6) is 0.729. The number of hydrogen-bond acceptors (Lipinski definition) is 7. The normalized spacial score (nSPS) is 21.8. The van der Waals surface area contributed by atoms with Crippen molar-refractivity contribution in [3.05, 3.63) is 34.3 Å². The van der Waals surface area contributed by atoms with Crippen molar-refractivity contribution < 1.29 is 18.5 Å². The number of hydrogen-bond donors (Lipinski definition) is 1. The maximum atomic E-state index is 11.8. The van der Waals surface area contributed by atoms with E-state index in [2.05, 4.69) is 31.0 Å². The summed E-state index contributed by atoms with van der Waals surface area (Å²) >= 11 is 3.28. The first-order valence-electron chi connectivity index (χ1n) is 7.14. The van der Waals surface area contributed by atoms with Crippen molar-refractivity contribution in [2.75, 3.05) is 20.2 Å². The standard InChI is InChI=1S/C14H17BrN4O4/c1-21-7-12-17-14(23-18-12)10-6-19(5-9(10)13(16)20)4-8-2-3-11(15)22-8/h2-3,9-10H,4-7H2,1H3,(H2,16,20)/t9-,10-/m1/s1. The zero-order chi connectivity index (χ0) is 16.4. The van der Waals surface area contributed by atoms with Crippen LogP contribution in [-0.2, 0) is 22.7 Å². The summed E-state index contributed by atoms with van der Waals surface area (Å²) in [5, 5.41) is 3.85. The zero-order valence-electron chi connectivity index (χ0n) is 12.6. The van der Waals surface area contributed by atoms with E-state index in [0.717, 1.165) is 5.76 Å². The quantitative estimate of drug-likeness (QED) is 0.798. The predicted molar refractivity (Wildman–Crippen MR) is 82.1 cm³/mol. The van der Waals surface area contributed by atoms with Crippen LogP contribution < -0.4 is 5.73 Å². The lowest BCUT2D eigenvalue weighted by Gasteiger charge is -2.12. The number of nitrogens with zero attached hydrogens (tertiary/aromatic N) is 3. The number of aromatic nitrogens is 2. The van der Waals surface area contributed by atoms with Crippen LogP contribution in [0.3, 0.4) is 0 Å². The van der Waals surface area contributed by atoms with Gasteiger partial charge in [0.2, 0.25) is 11.8 Å². The van der Waals surface area contributed by atoms with E-state index < -0.39 is 0 Å². The Bertz CT molecular complexity index is 686. The van der Waals surface area contributed by atoms with Gasteiger partial charge in [-0.05, 0) is 28.1 Å². The monoisotopic (exact) mass is 384 g/mol. The SMILES string of the molecule is COCc1noc([C@@H]2CN(Cc3ccc(Br)o3)C[C@H]2C(N)=O)n1. The molecule has 0 aliphatic carbocycles. The lowest BCUT2D eigenvalue weighted by atomic mass is 9.95. The number of methoxy groups -OCH3 is 1. The van der Waals surface area contributed by atoms with Crippen LogP contribution >= 0.6 is 15.9 Å². The molecule has 1 aliphatic rings. The van der Waals surface area contributed by atoms with Crippen LogP contribution in [0.4, 0.5) is 0 Å². The Kier molecular flexibility index (Phi) is 4.79. The Morgan fingerprint density at radius 2 is 2.35 bits per heavy atom. The number of carbonyl (C=O) groups excluding carboxylic acids is 1. The van der Waals surface area contributed by atoms with Crippen molar-refractivity contribution in [1.82, 2.24) is 15.0 Å². The molecule has 2 atom stereocenters. The molecule has 0 spiro atoms. The third kappa shape index (κ3) is 3.62. The average Bonchev–Trinajstić information content (AvgIpc) is 3.20. The lowest BCUT2D eigenvalue weighted by Crippen LogP contribution is -2.29. The number of rotatable bonds is 6. The number of ether oxygens (including phenoxy) is 1. The van der Waals surface area contributed by atoms with Gasteiger partial charge < -0.3 is 19.4 Å². The Morgan fingerprint density at radius 1 is 1.52 bits per heavy atom. The van der Waals surface area contributed by atoms with Gasteiger partial charge in [0.25, 0.3) is 0 Å². The molecule has 1 fully saturated rings. The first kappa shape index (κ1) is 16.2. The highest BCUT2D eigenvalue weighted by Gasteiger charge is 2.40. The van der Waals surface area contributed by atoms with Crippen molar-refractivity contribution in [3.63, 3.8) is 0 Å². The number of halogens is 1. The van der Waals surface area contributed by atoms with E-state index in [1.54, 1.807) is 7.11 Å². The molecule has 0 saturated carbocycles. The zero-order valence-corrected chi connectivity index (χ0v) is 14.2. The number of carbonyl (C=O) groups is 1. The molecule has 0 unspecified atom stereocenters. The first-order valence-corrected chi connectivity index (χ1v) is 7.93. The van der Waals surface area contributed by atoms with Crippen LogP contribution in [0.5, 0.6) is 0 Å². The van der Waals surface area contributed by atoms with E-state index in [1.807, 2.05) is 12.1 Å². The molecule has 3 rings (SSSR count). The molecule has 23 heavy (non-hydrogen) atoms. The molecule has 2 aromatic rings. The summed E-state index contributed by atoms with van der Waals surface area (Å²) in [6.07, 6.45) is 0. The molecule has 3 heterocycles. The number of primary amides is 1. The molecule has 0 radical (unpaired) electrons. The van der Waals surface area contributed by atoms with Gasteiger partial charge in [0.15, 0.2) is 10.5 Å². The van der Waals surface area contributed by atoms with Gasteiger partial charge in [-0.3, -0.25) is 9.69 Å². The summed E-state index contributed by atoms with van der Waals surface area (Å²) in [6.45, 7) is 1.98. The molecule has 2 aromatic heterocycles. The smallest absolute Gasteiger partial charge is 0.231 e. The second-order valence-corrected chi connectivity index (χ2v) is 6.28. The number of amides is 1. The van der Waals surface area contributed by atoms with E-state index in [4.69, 9.17) is 19.4 Å². The third-order valence-electron chi connectivity index (χ3n) is 3.84. The minimum atomic E-state index is -0.371. The number of nitrogens with two attached hydrogens (primary N) is 1. The van der Waals surface area contributed by atoms with E-state index >= 15 is 0 Å². The molecule has 0 aromatic carbocycles. The molecule has 1 amide bonds. The van der Waals surface area contributed by atoms with Gasteiger partial charge in [-0.2, -0.15) is 4.98 Å². The van der Waals surface area contributed by atoms with Crippen LogP contribution in [-0.4, -0.2) is 41.1 Å². The van der Waals surface area contributed by atoms with Crippen LogP contribution in [0, 0.1) is 5.92 Å². The van der Waals surface area contributed by atoms with Crippen molar-refractivity contribution >= 4 is 21.8 Å². The minimum absolute atomic E-state index is 0.219. The average molecular weight is 385 g/mol. The minimum Gasteiger partial charge on any atom is -0.453 e. The number of furan rings is 1. The fourth-order valence-corrected chi connectivity index (χ4v) is 3.16. The van der Waals surface area contributed by atoms with E-state index in [-0.39, 0.29) is 24.3 Å². The summed E-state index contributed by atoms with van der Waals surface area (Å²) in [6, 6.07) is 3.73. The molecular weight excluding hydrogens is 368 g/mol. The highest BCUT2D eigenvalue weighted by molar-refractivity contribution is 9.10. The molecule has 124 valence electrons. The first-order chi connectivity index (χ1) is 11.1. The van der Waals surface area contributed by atoms with Gasteiger partial charge in [0.1, 0.15) is 12.4 Å². The number of likely N-dealkylation sites (tertiary alicyclic amines) is 1. The Balaban J connectivity index is 1.74. The lowest BCUT2D eigenvalue weighted by molar-refractivity contribution is -0.121. The fraction of sp³-hybridized carbons (Fsp3) is 0.500. The van der Waals surface area contributed by atoms with Crippen LogP contribution in [0.15, 0.2) is 25.7 Å². The maximum absolute atomic E-state index is 11.8. The van der Waals surface area contributed by atoms with Crippen LogP contribution in [0.2, 0.25) is 0 Å². The second kappa shape index (κ2) is 6.81. The highest BCUT2D eigenvalue weighted by Crippen LogP contribution is 2.33. The van der Waals surface area contributed by atoms with Gasteiger partial charge in [-0.1, -0.05) is 5.16 Å². The summed E-state index contributed by atoms with van der Waals surface area (Å²) in [4.78, 5) is 18.2. The van der Waals surface area contributed by atoms with E-state index in [1.165, 1.54) is 0 Å². The van der Waals surface area contributed by atoms with Crippen LogP contribution in [0.1, 0.15) is 23.4 Å². The summed E-state index contributed by atoms with van der Waals surface area (Å²) in [5.41, 5.74) is 5.54. The van der Waals surface area contributed by atoms with Crippen molar-refractivity contribution in [1.29, 1.82) is 0 Å². The van der Waals surface area contributed by atoms with E-state index in [9.17, 15) is 4.79 Å². The van der Waals surface area contributed by atoms with Crippen molar-refractivity contribution in [2.45, 2.75) is 19.1 Å². The van der Waals surface area contributed by atoms with Gasteiger partial charge in [0, 0.05) is 20.2 Å². The molecule has 8 nitrogen and oxygen atoms in total. The van der Waals surface area contributed by atoms with Gasteiger partial charge >= 0.3 is 0 Å². The predicted octanol–water partition coefficient (Wildman–Crippen LogP) is 1.27. The van der Waals surface area contributed by atoms with Crippen molar-refractivity contribution in [2.24, 2.45) is 11.7 Å². The summed E-state index contributed by atoms with van der Waals surface area (Å²) < 4.78 is 16.4. The molecule has 9 heteroatoms. The second-order valence-electron chi connectivity index (χ2n) is 5.50. The fourth-order valence-electron chi connectivity index (χ4n) is 2.82. The Morgan fingerprint density at radius 3 is 3.00 bits per heavy atom. The third-order valence-corrected chi connectivity index (χ3v) is 4.27. The van der Waals surface area contributed by atoms with E-state index in [0.29, 0.717) is 36.0 Å². The van der Waals surface area contributed by atoms with Crippen LogP contribution in [0.25, 0.3) is 0 Å². The Hall–Kier alpha value is -1.71. The van der Waals surface area contributed by atoms with Gasteiger partial charge in [-0.25, -0.2) is 0 Å². The topological polar surface area (TPSA) is 108 Å². The van der Waals surface area contributed by atoms with Crippen molar-refractivity contribution in [3.8, 4) is 0 Å². The molecule has 0 bridgehead atoms. The molecular formula is C14H17BrN4O4. The maximum Gasteiger partial charge on any atom is 0.231 e. The molecule has 1 saturated heterocycles. The Labute approximate surface area is 141 Å². The molecule has 2 N–H and O–H groups in total. The van der Waals surface area contributed by atoms with Gasteiger partial charge in [0.05, 0.1) is 18.4 Å². The van der Waals surface area contributed by atoms with Gasteiger partial charge in [-0.15, -0.1) is 0 Å². The highest BCUT2D eigenvalue weighted by atomic mass is 79.9. The molecule has 1 aliphatic heterocycles. The summed E-state index contributed by atoms with van der Waals surface area (Å²) in [7, 11) is 1.56. The largest absolute Gasteiger partial charge is 0.453 e.